The smallest absolute Gasteiger partial charge is 1.00 e. The van der Waals surface area contributed by atoms with Crippen molar-refractivity contribution in [3.63, 3.8) is 0 Å². The molecule has 0 rings (SSSR count). The number of nitrogens with two attached hydrogens (primary N) is 2. The SMILES string of the molecule is NC(N)=N[PH2]=O.[Cl-].[Cl-].[Cl-].[Cr+3]. The molecule has 4 nitrogen and oxygen atoms in total. The van der Waals surface area contributed by atoms with Gasteiger partial charge in [-0.2, -0.15) is 4.76 Å². The molecule has 1 atom stereocenters. The van der Waals surface area contributed by atoms with Gasteiger partial charge in [-0.05, 0) is 0 Å². The molecule has 10 heavy (non-hydrogen) atoms. The molecule has 0 saturated heterocycles. The molecular weight excluding hydrogens is 259 g/mol. The van der Waals surface area contributed by atoms with Crippen LogP contribution in [0.25, 0.3) is 0 Å². The van der Waals surface area contributed by atoms with Crippen LogP contribution in [0.15, 0.2) is 4.76 Å². The second-order valence-corrected chi connectivity index (χ2v) is 1.13. The molecule has 0 aliphatic heterocycles. The molecule has 0 saturated carbocycles. The van der Waals surface area contributed by atoms with E-state index in [1.165, 1.54) is 0 Å². The number of halogens is 3. The normalized spacial score (nSPS) is 5.60. The van der Waals surface area contributed by atoms with Crippen molar-refractivity contribution in [2.24, 2.45) is 16.2 Å². The Hall–Kier alpha value is 0.902. The van der Waals surface area contributed by atoms with Crippen molar-refractivity contribution in [1.29, 1.82) is 0 Å². The van der Waals surface area contributed by atoms with E-state index in [2.05, 4.69) is 4.76 Å². The summed E-state index contributed by atoms with van der Waals surface area (Å²) in [6.45, 7) is 0. The Labute approximate surface area is 89.8 Å². The van der Waals surface area contributed by atoms with Crippen molar-refractivity contribution in [1.82, 2.24) is 0 Å². The van der Waals surface area contributed by atoms with E-state index < -0.39 is 8.61 Å². The molecule has 0 aromatic heterocycles. The summed E-state index contributed by atoms with van der Waals surface area (Å²) in [5.74, 6) is -0.111. The van der Waals surface area contributed by atoms with Gasteiger partial charge in [-0.3, -0.25) is 0 Å². The maximum absolute atomic E-state index is 9.48. The minimum atomic E-state index is -1.16. The standard InChI is InChI=1S/CH6N3OP.3ClH.Cr/c2-1(3)4-6-5;;;;/h6H2,(H4,2,3,4,5);3*1H;/q;;;;+3/p-3. The number of nitrogens with zero attached hydrogens (tertiary/aromatic N) is 1. The van der Waals surface area contributed by atoms with Crippen LogP contribution in [0.1, 0.15) is 0 Å². The predicted octanol–water partition coefficient (Wildman–Crippen LogP) is -10.1. The number of rotatable bonds is 1. The van der Waals surface area contributed by atoms with Gasteiger partial charge >= 0.3 is 17.4 Å². The van der Waals surface area contributed by atoms with E-state index in [9.17, 15) is 4.57 Å². The quantitative estimate of drug-likeness (QED) is 0.281. The zero-order chi connectivity index (χ0) is 4.99. The average Bonchev–Trinajstić information content (AvgIpc) is 1.35. The van der Waals surface area contributed by atoms with Crippen molar-refractivity contribution in [3.8, 4) is 0 Å². The monoisotopic (exact) mass is 264 g/mol. The van der Waals surface area contributed by atoms with Crippen molar-refractivity contribution >= 4 is 14.6 Å². The predicted molar refractivity (Wildman–Crippen MR) is 26.2 cm³/mol. The zero-order valence-electron chi connectivity index (χ0n) is 4.63. The van der Waals surface area contributed by atoms with E-state index in [1.807, 2.05) is 0 Å². The van der Waals surface area contributed by atoms with Gasteiger partial charge in [0.15, 0.2) is 14.6 Å². The Kier molecular flexibility index (Phi) is 69.1. The molecule has 9 heteroatoms. The van der Waals surface area contributed by atoms with Crippen LogP contribution in [0.2, 0.25) is 0 Å². The molecule has 0 aromatic rings. The second-order valence-electron chi connectivity index (χ2n) is 0.659. The fourth-order valence-electron chi connectivity index (χ4n) is 0.0609. The molecule has 0 spiro atoms. The van der Waals surface area contributed by atoms with Crippen LogP contribution in [0, 0.1) is 0 Å². The summed E-state index contributed by atoms with van der Waals surface area (Å²) in [5, 5.41) is 0. The molecule has 0 heterocycles. The summed E-state index contributed by atoms with van der Waals surface area (Å²) in [5.41, 5.74) is 9.50. The first-order valence-electron chi connectivity index (χ1n) is 1.29. The summed E-state index contributed by atoms with van der Waals surface area (Å²) in [6.07, 6.45) is 0. The summed E-state index contributed by atoms with van der Waals surface area (Å²) in [7, 11) is -1.16. The molecule has 0 aliphatic carbocycles. The van der Waals surface area contributed by atoms with Crippen LogP contribution >= 0.6 is 8.61 Å². The first-order valence-corrected chi connectivity index (χ1v) is 2.28. The topological polar surface area (TPSA) is 81.5 Å². The largest absolute Gasteiger partial charge is 3.00 e. The third-order valence-electron chi connectivity index (χ3n) is 0.202. The van der Waals surface area contributed by atoms with Crippen LogP contribution in [0.3, 0.4) is 0 Å². The van der Waals surface area contributed by atoms with Crippen LogP contribution in [0.5, 0.6) is 0 Å². The van der Waals surface area contributed by atoms with Gasteiger partial charge in [0.2, 0.25) is 0 Å². The van der Waals surface area contributed by atoms with Crippen molar-refractivity contribution < 1.29 is 59.1 Å². The van der Waals surface area contributed by atoms with E-state index >= 15 is 0 Å². The Morgan fingerprint density at radius 3 is 1.50 bits per heavy atom. The van der Waals surface area contributed by atoms with Crippen LogP contribution in [0.4, 0.5) is 0 Å². The minimum absolute atomic E-state index is 0. The summed E-state index contributed by atoms with van der Waals surface area (Å²) >= 11 is 0. The van der Waals surface area contributed by atoms with Gasteiger partial charge in [-0.15, -0.1) is 0 Å². The van der Waals surface area contributed by atoms with Crippen LogP contribution < -0.4 is 48.7 Å². The number of hydrogen-bond donors (Lipinski definition) is 2. The van der Waals surface area contributed by atoms with Gasteiger partial charge in [0.05, 0.1) is 0 Å². The van der Waals surface area contributed by atoms with Gasteiger partial charge in [0.25, 0.3) is 0 Å². The maximum Gasteiger partial charge on any atom is 3.00 e. The van der Waals surface area contributed by atoms with Crippen LogP contribution in [-0.4, -0.2) is 5.96 Å². The molecule has 1 unspecified atom stereocenters. The van der Waals surface area contributed by atoms with Gasteiger partial charge in [-0.25, -0.2) is 0 Å². The molecule has 1 radical (unpaired) electrons. The van der Waals surface area contributed by atoms with Gasteiger partial charge in [0.1, 0.15) is 0 Å². The molecule has 0 amide bonds. The van der Waals surface area contributed by atoms with Crippen molar-refractivity contribution in [2.75, 3.05) is 0 Å². The van der Waals surface area contributed by atoms with Gasteiger partial charge in [0, 0.05) is 0 Å². The van der Waals surface area contributed by atoms with Gasteiger partial charge < -0.3 is 53.3 Å². The molecule has 63 valence electrons. The third kappa shape index (κ3) is 36.5. The summed E-state index contributed by atoms with van der Waals surface area (Å²) in [4.78, 5) is 0. The van der Waals surface area contributed by atoms with Crippen molar-refractivity contribution in [2.45, 2.75) is 0 Å². The Morgan fingerprint density at radius 2 is 1.50 bits per heavy atom. The molecular formula is CH6Cl3CrN3OP. The molecule has 0 aromatic carbocycles. The third-order valence-corrected chi connectivity index (χ3v) is 0.605. The summed E-state index contributed by atoms with van der Waals surface area (Å²) in [6, 6.07) is 0. The summed E-state index contributed by atoms with van der Waals surface area (Å²) < 4.78 is 12.6. The first-order chi connectivity index (χ1) is 2.77. The van der Waals surface area contributed by atoms with Gasteiger partial charge in [-0.1, -0.05) is 0 Å². The maximum atomic E-state index is 9.48. The fourth-order valence-corrected chi connectivity index (χ4v) is 0.183. The van der Waals surface area contributed by atoms with Crippen LogP contribution in [-0.2, 0) is 21.9 Å². The number of hydrogen-bond acceptors (Lipinski definition) is 1. The second kappa shape index (κ2) is 22.5. The molecule has 0 bridgehead atoms. The molecule has 0 fully saturated rings. The first kappa shape index (κ1) is 30.7. The average molecular weight is 265 g/mol. The van der Waals surface area contributed by atoms with E-state index in [0.29, 0.717) is 0 Å². The van der Waals surface area contributed by atoms with E-state index in [4.69, 9.17) is 11.5 Å². The zero-order valence-corrected chi connectivity index (χ0v) is 9.33. The van der Waals surface area contributed by atoms with E-state index in [1.54, 1.807) is 0 Å². The number of guanidine groups is 1. The fraction of sp³-hybridized carbons (Fsp3) is 0. The Bertz CT molecular complexity index is 87.8. The minimum Gasteiger partial charge on any atom is -1.00 e. The van der Waals surface area contributed by atoms with Crippen molar-refractivity contribution in [3.05, 3.63) is 0 Å². The molecule has 4 N–H and O–H groups in total. The van der Waals surface area contributed by atoms with E-state index in [0.717, 1.165) is 0 Å². The Balaban J connectivity index is -0.0000000208. The molecule has 0 aliphatic rings. The van der Waals surface area contributed by atoms with E-state index in [-0.39, 0.29) is 60.5 Å². The Morgan fingerprint density at radius 1 is 1.20 bits per heavy atom.